The quantitative estimate of drug-likeness (QED) is 0.123. The van der Waals surface area contributed by atoms with Crippen molar-refractivity contribution < 1.29 is 98.3 Å². The highest BCUT2D eigenvalue weighted by Gasteiger charge is 2.83. The van der Waals surface area contributed by atoms with Gasteiger partial charge in [0.2, 0.25) is 0 Å². The summed E-state index contributed by atoms with van der Waals surface area (Å²) in [6.07, 6.45) is -8.21. The molecule has 0 atom stereocenters. The number of hydrogen-bond donors (Lipinski definition) is 1. The number of quaternary nitrogens is 1. The Bertz CT molecular complexity index is 1840. The smallest absolute Gasteiger partial charge is 0.460 e. The molecular weight excluding hydrogens is 965 g/mol. The first-order chi connectivity index (χ1) is 30.4. The summed E-state index contributed by atoms with van der Waals surface area (Å²) >= 11 is 0. The third-order valence-corrected chi connectivity index (χ3v) is 12.6. The van der Waals surface area contributed by atoms with Gasteiger partial charge in [0, 0.05) is 28.4 Å². The fourth-order valence-electron chi connectivity index (χ4n) is 6.19. The Kier molecular flexibility index (Phi) is 24.0. The highest BCUT2D eigenvalue weighted by molar-refractivity contribution is 7.97. The largest absolute Gasteiger partial charge is 1.00 e. The van der Waals surface area contributed by atoms with Gasteiger partial charge in [0.25, 0.3) is 0 Å². The van der Waals surface area contributed by atoms with Gasteiger partial charge in [-0.15, -0.1) is 0 Å². The van der Waals surface area contributed by atoms with Crippen LogP contribution in [0.2, 0.25) is 0 Å². The van der Waals surface area contributed by atoms with E-state index < -0.39 is 45.7 Å². The number of rotatable bonds is 17. The zero-order valence-electron chi connectivity index (χ0n) is 36.8. The van der Waals surface area contributed by atoms with Crippen LogP contribution in [-0.2, 0) is 40.0 Å². The molecule has 3 aromatic rings. The standard InChI is InChI=1S/C18H15S.C12H22N4O6.C6H15N.C4HF9O3S.ClH/c1-4-10-16(11-5-1)19(17-12-6-2-7-13-17)18-14-8-3-9-15-18;1-19-5-13-9-10(15(7-21-3)11(13)17)16(8-22-4)12(18)14(9)6-20-2;1-4-7(5-2)6-3;5-1(6,3(9,10)11)2(7,8)4(12,13)17(14,15)16;/h1-15H;9-10H,5-8H2,1-4H3;4-6H2,1-3H3;(H,14,15,16);1H/q+1;;;;/p-1. The van der Waals surface area contributed by atoms with Gasteiger partial charge >= 0.3 is 35.3 Å². The van der Waals surface area contributed by atoms with Crippen molar-refractivity contribution in [1.29, 1.82) is 0 Å². The molecule has 5 rings (SSSR count). The predicted molar refractivity (Wildman–Crippen MR) is 218 cm³/mol. The second kappa shape index (κ2) is 26.5. The van der Waals surface area contributed by atoms with E-state index in [-0.39, 0.29) is 62.3 Å². The van der Waals surface area contributed by atoms with Crippen LogP contribution in [0.1, 0.15) is 20.8 Å². The summed E-state index contributed by atoms with van der Waals surface area (Å²) in [5, 5.41) is -7.11. The van der Waals surface area contributed by atoms with Crippen molar-refractivity contribution in [3.8, 4) is 0 Å². The highest BCUT2D eigenvalue weighted by atomic mass is 35.5. The van der Waals surface area contributed by atoms with Gasteiger partial charge in [-0.05, 0) is 57.2 Å². The molecule has 0 radical (unpaired) electrons. The molecule has 0 saturated carbocycles. The zero-order valence-corrected chi connectivity index (χ0v) is 39.2. The Morgan fingerprint density at radius 1 is 0.545 bits per heavy atom. The van der Waals surface area contributed by atoms with E-state index in [1.54, 1.807) is 4.90 Å². The minimum atomic E-state index is -7.43. The molecule has 0 aromatic heterocycles. The van der Waals surface area contributed by atoms with Crippen LogP contribution in [0.3, 0.4) is 0 Å². The van der Waals surface area contributed by atoms with Crippen LogP contribution in [0.25, 0.3) is 0 Å². The van der Waals surface area contributed by atoms with Gasteiger partial charge in [0.15, 0.2) is 37.1 Å². The van der Waals surface area contributed by atoms with Crippen molar-refractivity contribution in [2.45, 2.75) is 71.1 Å². The molecule has 2 aliphatic heterocycles. The predicted octanol–water partition coefficient (Wildman–Crippen LogP) is 3.20. The van der Waals surface area contributed by atoms with Gasteiger partial charge in [-0.25, -0.2) is 18.0 Å². The van der Waals surface area contributed by atoms with Crippen LogP contribution in [0.15, 0.2) is 106 Å². The second-order valence-electron chi connectivity index (χ2n) is 13.6. The number of benzene rings is 3. The molecule has 14 nitrogen and oxygen atoms in total. The molecule has 4 amide bonds. The van der Waals surface area contributed by atoms with E-state index in [1.807, 2.05) is 0 Å². The summed E-state index contributed by atoms with van der Waals surface area (Å²) in [6.45, 7) is 10.7. The molecular formula is C40H53ClF9N5O9S2. The number of carbonyl (C=O) groups is 2. The Labute approximate surface area is 387 Å². The Morgan fingerprint density at radius 3 is 0.985 bits per heavy atom. The first-order valence-electron chi connectivity index (χ1n) is 19.4. The summed E-state index contributed by atoms with van der Waals surface area (Å²) < 4.78 is 156. The van der Waals surface area contributed by atoms with Gasteiger partial charge in [0.1, 0.15) is 26.9 Å². The van der Waals surface area contributed by atoms with Crippen molar-refractivity contribution >= 4 is 33.1 Å². The van der Waals surface area contributed by atoms with Crippen molar-refractivity contribution in [3.63, 3.8) is 0 Å². The molecule has 2 heterocycles. The van der Waals surface area contributed by atoms with E-state index in [4.69, 9.17) is 18.9 Å². The first kappa shape index (κ1) is 59.9. The van der Waals surface area contributed by atoms with Gasteiger partial charge < -0.3 is 40.8 Å². The van der Waals surface area contributed by atoms with E-state index >= 15 is 0 Å². The lowest BCUT2D eigenvalue weighted by atomic mass is 10.1. The molecule has 3 aromatic carbocycles. The van der Waals surface area contributed by atoms with Gasteiger partial charge in [0.05, 0.1) is 30.5 Å². The third-order valence-electron chi connectivity index (χ3n) is 9.47. The maximum absolute atomic E-state index is 12.6. The van der Waals surface area contributed by atoms with Gasteiger partial charge in [-0.3, -0.25) is 19.6 Å². The second-order valence-corrected chi connectivity index (χ2v) is 17.1. The van der Waals surface area contributed by atoms with Crippen molar-refractivity contribution in [2.75, 3.05) is 75.0 Å². The number of ether oxygens (including phenoxy) is 4. The number of halogens is 10. The number of carbonyl (C=O) groups excluding carboxylic acids is 2. The number of alkyl halides is 9. The van der Waals surface area contributed by atoms with E-state index in [0.29, 0.717) is 0 Å². The lowest BCUT2D eigenvalue weighted by Crippen LogP contribution is -3.11. The first-order valence-corrected chi connectivity index (χ1v) is 22.0. The van der Waals surface area contributed by atoms with Crippen LogP contribution in [0, 0.1) is 0 Å². The molecule has 1 N–H and O–H groups in total. The minimum absolute atomic E-state index is 0. The molecule has 26 heteroatoms. The van der Waals surface area contributed by atoms with Gasteiger partial charge in [-0.2, -0.15) is 39.5 Å². The number of urea groups is 2. The highest BCUT2D eigenvalue weighted by Crippen LogP contribution is 2.54. The van der Waals surface area contributed by atoms with Crippen LogP contribution in [0.4, 0.5) is 49.1 Å². The lowest BCUT2D eigenvalue weighted by molar-refractivity contribution is -0.894. The molecule has 66 heavy (non-hydrogen) atoms. The Hall–Kier alpha value is -4.08. The molecule has 0 aliphatic carbocycles. The Morgan fingerprint density at radius 2 is 0.803 bits per heavy atom. The van der Waals surface area contributed by atoms with Crippen molar-refractivity contribution in [2.24, 2.45) is 0 Å². The van der Waals surface area contributed by atoms with E-state index in [0.717, 1.165) is 0 Å². The maximum Gasteiger partial charge on any atom is 0.460 e. The molecule has 0 spiro atoms. The van der Waals surface area contributed by atoms with E-state index in [2.05, 4.69) is 112 Å². The van der Waals surface area contributed by atoms with Crippen LogP contribution >= 0.6 is 0 Å². The summed E-state index contributed by atoms with van der Waals surface area (Å²) in [5.41, 5.74) is 0. The van der Waals surface area contributed by atoms with Crippen LogP contribution in [0.5, 0.6) is 0 Å². The Balaban J connectivity index is 0.000000461. The monoisotopic (exact) mass is 1020 g/mol. The summed E-state index contributed by atoms with van der Waals surface area (Å²) in [5.74, 6) is -14.8. The zero-order chi connectivity index (χ0) is 49.4. The fourth-order valence-corrected chi connectivity index (χ4v) is 8.74. The number of amides is 4. The molecule has 2 saturated heterocycles. The van der Waals surface area contributed by atoms with Crippen molar-refractivity contribution in [1.82, 2.24) is 19.6 Å². The van der Waals surface area contributed by atoms with E-state index in [9.17, 15) is 62.1 Å². The SMILES string of the molecule is CC[NH+](CC)CC.COCN1C(=O)N(COC)C2C1N(COC)C(=O)N2COC.O=S(=O)([O-])C(F)(F)C(F)(F)C(F)(F)C(F)(F)F.[Cl-].c1ccc([S+](c2ccccc2)c2ccccc2)cc1. The maximum atomic E-state index is 12.6. The summed E-state index contributed by atoms with van der Waals surface area (Å²) in [6, 6.07) is 31.6. The van der Waals surface area contributed by atoms with Crippen molar-refractivity contribution in [3.05, 3.63) is 91.0 Å². The third kappa shape index (κ3) is 14.0. The molecule has 0 unspecified atom stereocenters. The van der Waals surface area contributed by atoms with Crippen LogP contribution in [-0.4, -0.2) is 155 Å². The summed E-state index contributed by atoms with van der Waals surface area (Å²) in [4.78, 5) is 36.7. The average molecular weight is 1020 g/mol. The number of nitrogens with zero attached hydrogens (tertiary/aromatic N) is 4. The molecule has 374 valence electrons. The number of hydrogen-bond acceptors (Lipinski definition) is 9. The number of nitrogens with one attached hydrogen (secondary N) is 1. The normalized spacial score (nSPS) is 16.5. The topological polar surface area (TPSA) is 146 Å². The lowest BCUT2D eigenvalue weighted by Gasteiger charge is -2.34. The van der Waals surface area contributed by atoms with Gasteiger partial charge in [-0.1, -0.05) is 54.6 Å². The van der Waals surface area contributed by atoms with Crippen LogP contribution < -0.4 is 17.3 Å². The fraction of sp³-hybridized carbons (Fsp3) is 0.500. The molecule has 0 bridgehead atoms. The average Bonchev–Trinajstić information content (AvgIpc) is 3.68. The minimum Gasteiger partial charge on any atom is -1.00 e. The summed E-state index contributed by atoms with van der Waals surface area (Å²) in [7, 11) is -1.46. The van der Waals surface area contributed by atoms with E-state index in [1.165, 1.54) is 82.4 Å². The molecule has 2 aliphatic rings. The number of fused-ring (bicyclic) bond motifs is 1. The molecule has 2 fully saturated rings. The number of methoxy groups -OCH3 is 4.